The number of carbonyl (C=O) groups is 2. The molecule has 99 valence electrons. The quantitative estimate of drug-likeness (QED) is 0.346. The van der Waals surface area contributed by atoms with Crippen molar-refractivity contribution in [2.75, 3.05) is 0 Å². The summed E-state index contributed by atoms with van der Waals surface area (Å²) in [5.74, 6) is -0.335. The topological polar surface area (TPSA) is 78.4 Å². The van der Waals surface area contributed by atoms with Gasteiger partial charge in [-0.25, -0.2) is 5.48 Å². The van der Waals surface area contributed by atoms with Crippen LogP contribution in [0.1, 0.15) is 38.5 Å². The van der Waals surface area contributed by atoms with Crippen LogP contribution in [0.25, 0.3) is 0 Å². The summed E-state index contributed by atoms with van der Waals surface area (Å²) in [7, 11) is 0. The Balaban J connectivity index is 1.90. The standard InChI is InChI=1S/C13H19N2O3/c16-12(14-11-7-5-6-8-11)9-3-1-2-4-10-13(17)15-18/h5-8,18H,1-4,9-10H2,(H,14,16)(H,15,17). The SMILES string of the molecule is O=C(CCCCCCC(=O)N[C]1[CH][CH][CH][CH]1)NO. The molecule has 1 saturated carbocycles. The summed E-state index contributed by atoms with van der Waals surface area (Å²) in [6.07, 6.45) is 11.6. The number of amides is 2. The van der Waals surface area contributed by atoms with Crippen molar-refractivity contribution in [2.45, 2.75) is 38.5 Å². The Hall–Kier alpha value is -1.10. The molecule has 18 heavy (non-hydrogen) atoms. The van der Waals surface area contributed by atoms with Gasteiger partial charge in [0.15, 0.2) is 0 Å². The van der Waals surface area contributed by atoms with Gasteiger partial charge >= 0.3 is 0 Å². The summed E-state index contributed by atoms with van der Waals surface area (Å²) in [5.41, 5.74) is 1.60. The van der Waals surface area contributed by atoms with E-state index >= 15 is 0 Å². The summed E-state index contributed by atoms with van der Waals surface area (Å²) in [6.45, 7) is 0. The van der Waals surface area contributed by atoms with Gasteiger partial charge in [0.25, 0.3) is 0 Å². The Labute approximate surface area is 108 Å². The van der Waals surface area contributed by atoms with Crippen LogP contribution in [0.5, 0.6) is 0 Å². The maximum Gasteiger partial charge on any atom is 0.243 e. The molecule has 0 saturated heterocycles. The molecule has 0 unspecified atom stereocenters. The minimum atomic E-state index is -0.357. The molecule has 1 rings (SSSR count). The number of carbonyl (C=O) groups excluding carboxylic acids is 2. The molecule has 0 bridgehead atoms. The van der Waals surface area contributed by atoms with E-state index in [4.69, 9.17) is 5.21 Å². The van der Waals surface area contributed by atoms with E-state index in [0.29, 0.717) is 12.8 Å². The highest BCUT2D eigenvalue weighted by atomic mass is 16.5. The van der Waals surface area contributed by atoms with Crippen LogP contribution >= 0.6 is 0 Å². The lowest BCUT2D eigenvalue weighted by atomic mass is 10.1. The smallest absolute Gasteiger partial charge is 0.243 e. The predicted octanol–water partition coefficient (Wildman–Crippen LogP) is 1.31. The zero-order chi connectivity index (χ0) is 13.2. The monoisotopic (exact) mass is 251 g/mol. The van der Waals surface area contributed by atoms with Crippen molar-refractivity contribution in [3.05, 3.63) is 31.7 Å². The van der Waals surface area contributed by atoms with Gasteiger partial charge in [-0.3, -0.25) is 14.8 Å². The first kappa shape index (κ1) is 15.0. The molecule has 1 aliphatic carbocycles. The van der Waals surface area contributed by atoms with Gasteiger partial charge < -0.3 is 5.32 Å². The molecule has 1 fully saturated rings. The van der Waals surface area contributed by atoms with Gasteiger partial charge in [-0.1, -0.05) is 12.8 Å². The van der Waals surface area contributed by atoms with Crippen LogP contribution in [0.2, 0.25) is 0 Å². The van der Waals surface area contributed by atoms with Crippen molar-refractivity contribution < 1.29 is 14.8 Å². The van der Waals surface area contributed by atoms with Gasteiger partial charge in [-0.2, -0.15) is 0 Å². The third kappa shape index (κ3) is 6.59. The maximum atomic E-state index is 11.5. The first-order chi connectivity index (χ1) is 8.72. The van der Waals surface area contributed by atoms with E-state index in [1.54, 1.807) is 5.48 Å². The molecule has 5 radical (unpaired) electrons. The van der Waals surface area contributed by atoms with E-state index in [1.165, 1.54) is 0 Å². The van der Waals surface area contributed by atoms with Crippen molar-refractivity contribution in [3.8, 4) is 0 Å². The third-order valence-electron chi connectivity index (χ3n) is 2.63. The van der Waals surface area contributed by atoms with E-state index in [2.05, 4.69) is 5.32 Å². The number of rotatable bonds is 8. The predicted molar refractivity (Wildman–Crippen MR) is 66.2 cm³/mol. The molecule has 2 amide bonds. The van der Waals surface area contributed by atoms with Crippen molar-refractivity contribution in [2.24, 2.45) is 0 Å². The molecule has 3 N–H and O–H groups in total. The maximum absolute atomic E-state index is 11.5. The Kier molecular flexibility index (Phi) is 7.41. The van der Waals surface area contributed by atoms with Gasteiger partial charge in [-0.05, 0) is 38.5 Å². The average Bonchev–Trinajstić information content (AvgIpc) is 2.85. The molecule has 0 aromatic heterocycles. The fourth-order valence-corrected chi connectivity index (χ4v) is 1.66. The van der Waals surface area contributed by atoms with Gasteiger partial charge in [0, 0.05) is 12.8 Å². The van der Waals surface area contributed by atoms with Gasteiger partial charge in [0.1, 0.15) is 0 Å². The van der Waals surface area contributed by atoms with Gasteiger partial charge in [0.05, 0.1) is 6.04 Å². The molecular formula is C13H19N2O3. The molecule has 0 aromatic rings. The van der Waals surface area contributed by atoms with Crippen LogP contribution in [-0.4, -0.2) is 17.0 Å². The van der Waals surface area contributed by atoms with E-state index in [9.17, 15) is 9.59 Å². The minimum Gasteiger partial charge on any atom is -0.348 e. The normalized spacial score (nSPS) is 15.6. The summed E-state index contributed by atoms with van der Waals surface area (Å²) in [4.78, 5) is 22.2. The van der Waals surface area contributed by atoms with Crippen LogP contribution in [0.3, 0.4) is 0 Å². The Bertz CT molecular complexity index is 263. The molecule has 0 spiro atoms. The summed E-state index contributed by atoms with van der Waals surface area (Å²) < 4.78 is 0. The van der Waals surface area contributed by atoms with Crippen molar-refractivity contribution >= 4 is 11.8 Å². The van der Waals surface area contributed by atoms with Crippen molar-refractivity contribution in [3.63, 3.8) is 0 Å². The van der Waals surface area contributed by atoms with Crippen LogP contribution in [-0.2, 0) is 9.59 Å². The molecule has 0 aliphatic heterocycles. The van der Waals surface area contributed by atoms with Crippen LogP contribution in [0, 0.1) is 31.7 Å². The molecule has 5 heteroatoms. The summed E-state index contributed by atoms with van der Waals surface area (Å²) >= 11 is 0. The van der Waals surface area contributed by atoms with Crippen molar-refractivity contribution in [1.82, 2.24) is 10.8 Å². The number of hydrogen-bond donors (Lipinski definition) is 3. The van der Waals surface area contributed by atoms with Crippen molar-refractivity contribution in [1.29, 1.82) is 0 Å². The van der Waals surface area contributed by atoms with E-state index in [0.717, 1.165) is 31.7 Å². The summed E-state index contributed by atoms with van der Waals surface area (Å²) in [6, 6.07) is 0.833. The lowest BCUT2D eigenvalue weighted by Gasteiger charge is -2.09. The highest BCUT2D eigenvalue weighted by Crippen LogP contribution is 2.20. The van der Waals surface area contributed by atoms with Crippen LogP contribution in [0.15, 0.2) is 0 Å². The van der Waals surface area contributed by atoms with Gasteiger partial charge in [-0.15, -0.1) is 0 Å². The fraction of sp³-hybridized carbons (Fsp3) is 0.462. The van der Waals surface area contributed by atoms with E-state index in [1.807, 2.05) is 25.7 Å². The zero-order valence-electron chi connectivity index (χ0n) is 10.3. The number of hydrogen-bond acceptors (Lipinski definition) is 3. The molecular weight excluding hydrogens is 232 g/mol. The second-order valence-corrected chi connectivity index (χ2v) is 4.17. The third-order valence-corrected chi connectivity index (χ3v) is 2.63. The van der Waals surface area contributed by atoms with Crippen LogP contribution < -0.4 is 10.8 Å². The Morgan fingerprint density at radius 2 is 1.50 bits per heavy atom. The first-order valence-electron chi connectivity index (χ1n) is 6.17. The molecule has 0 atom stereocenters. The Morgan fingerprint density at radius 3 is 2.06 bits per heavy atom. The molecule has 0 aromatic carbocycles. The average molecular weight is 251 g/mol. The van der Waals surface area contributed by atoms with Crippen LogP contribution in [0.4, 0.5) is 0 Å². The first-order valence-corrected chi connectivity index (χ1v) is 6.17. The zero-order valence-corrected chi connectivity index (χ0v) is 10.3. The summed E-state index contributed by atoms with van der Waals surface area (Å²) in [5, 5.41) is 11.1. The molecule has 0 heterocycles. The fourth-order valence-electron chi connectivity index (χ4n) is 1.66. The highest BCUT2D eigenvalue weighted by molar-refractivity contribution is 5.78. The van der Waals surface area contributed by atoms with E-state index in [-0.39, 0.29) is 11.8 Å². The van der Waals surface area contributed by atoms with E-state index < -0.39 is 0 Å². The Morgan fingerprint density at radius 1 is 0.944 bits per heavy atom. The number of nitrogens with one attached hydrogen (secondary N) is 2. The highest BCUT2D eigenvalue weighted by Gasteiger charge is 2.18. The molecule has 5 nitrogen and oxygen atoms in total. The number of unbranched alkanes of at least 4 members (excludes halogenated alkanes) is 3. The molecule has 1 aliphatic rings. The lowest BCUT2D eigenvalue weighted by Crippen LogP contribution is -2.26. The second-order valence-electron chi connectivity index (χ2n) is 4.17. The number of hydroxylamine groups is 1. The minimum absolute atomic E-state index is 0.0225. The largest absolute Gasteiger partial charge is 0.348 e. The second kappa shape index (κ2) is 8.91. The lowest BCUT2D eigenvalue weighted by molar-refractivity contribution is -0.129. The van der Waals surface area contributed by atoms with Gasteiger partial charge in [0.2, 0.25) is 11.8 Å².